The molecule has 29 heavy (non-hydrogen) atoms. The summed E-state index contributed by atoms with van der Waals surface area (Å²) in [4.78, 5) is 27.9. The third kappa shape index (κ3) is 3.23. The molecule has 1 heterocycles. The largest absolute Gasteiger partial charge is 0.355 e. The van der Waals surface area contributed by atoms with Crippen LogP contribution in [-0.2, 0) is 4.79 Å². The van der Waals surface area contributed by atoms with E-state index in [0.717, 1.165) is 5.56 Å². The summed E-state index contributed by atoms with van der Waals surface area (Å²) in [7, 11) is 1.42. The van der Waals surface area contributed by atoms with Crippen LogP contribution in [0, 0.1) is 24.1 Å². The van der Waals surface area contributed by atoms with Crippen molar-refractivity contribution < 1.29 is 14.0 Å². The molecule has 0 unspecified atom stereocenters. The number of hydrogen-bond donors (Lipinski definition) is 1. The summed E-state index contributed by atoms with van der Waals surface area (Å²) >= 11 is 5.57. The average molecular weight is 410 g/mol. The highest BCUT2D eigenvalue weighted by atomic mass is 32.1. The number of halogens is 1. The van der Waals surface area contributed by atoms with Gasteiger partial charge < -0.3 is 10.2 Å². The Bertz CT molecular complexity index is 1090. The second kappa shape index (κ2) is 7.26. The van der Waals surface area contributed by atoms with Gasteiger partial charge >= 0.3 is 0 Å². The van der Waals surface area contributed by atoms with Crippen molar-refractivity contribution in [3.63, 3.8) is 0 Å². The second-order valence-corrected chi connectivity index (χ2v) is 7.54. The summed E-state index contributed by atoms with van der Waals surface area (Å²) in [6.45, 7) is 5.17. The number of anilines is 2. The van der Waals surface area contributed by atoms with Crippen LogP contribution in [0.15, 0.2) is 36.4 Å². The summed E-state index contributed by atoms with van der Waals surface area (Å²) in [6, 6.07) is 11.2. The van der Waals surface area contributed by atoms with E-state index in [0.29, 0.717) is 16.9 Å². The smallest absolute Gasteiger partial charge is 0.259 e. The van der Waals surface area contributed by atoms with Gasteiger partial charge in [-0.2, -0.15) is 5.26 Å². The Balaban J connectivity index is 2.06. The van der Waals surface area contributed by atoms with Crippen LogP contribution in [0.25, 0.3) is 0 Å². The van der Waals surface area contributed by atoms with Gasteiger partial charge in [-0.25, -0.2) is 4.39 Å². The number of rotatable bonds is 3. The Morgan fingerprint density at radius 1 is 1.21 bits per heavy atom. The topological polar surface area (TPSA) is 76.4 Å². The van der Waals surface area contributed by atoms with Crippen molar-refractivity contribution >= 4 is 40.5 Å². The van der Waals surface area contributed by atoms with Gasteiger partial charge in [0.15, 0.2) is 5.11 Å². The zero-order valence-corrected chi connectivity index (χ0v) is 17.2. The van der Waals surface area contributed by atoms with Crippen LogP contribution in [0.5, 0.6) is 0 Å². The maximum Gasteiger partial charge on any atom is 0.259 e. The Hall–Kier alpha value is -3.31. The van der Waals surface area contributed by atoms with Crippen molar-refractivity contribution in [1.82, 2.24) is 5.32 Å². The minimum atomic E-state index is -1.07. The predicted molar refractivity (Wildman–Crippen MR) is 112 cm³/mol. The Labute approximate surface area is 173 Å². The molecule has 0 bridgehead atoms. The van der Waals surface area contributed by atoms with Crippen LogP contribution in [0.3, 0.4) is 0 Å². The van der Waals surface area contributed by atoms with Gasteiger partial charge in [-0.1, -0.05) is 0 Å². The lowest BCUT2D eigenvalue weighted by atomic mass is 10.0. The molecule has 8 heteroatoms. The number of thiocarbonyl (C=S) groups is 1. The fourth-order valence-corrected chi connectivity index (χ4v) is 3.85. The molecular formula is C21H19FN4O2S. The van der Waals surface area contributed by atoms with Crippen molar-refractivity contribution in [3.05, 3.63) is 58.9 Å². The van der Waals surface area contributed by atoms with Crippen LogP contribution >= 0.6 is 12.2 Å². The van der Waals surface area contributed by atoms with Crippen molar-refractivity contribution in [2.75, 3.05) is 16.8 Å². The van der Waals surface area contributed by atoms with E-state index in [1.54, 1.807) is 49.9 Å². The summed E-state index contributed by atoms with van der Waals surface area (Å²) in [5.74, 6) is -1.52. The van der Waals surface area contributed by atoms with E-state index < -0.39 is 17.3 Å². The van der Waals surface area contributed by atoms with Gasteiger partial charge in [0, 0.05) is 12.7 Å². The van der Waals surface area contributed by atoms with E-state index in [1.165, 1.54) is 24.1 Å². The van der Waals surface area contributed by atoms with Crippen LogP contribution < -0.4 is 15.1 Å². The zero-order valence-electron chi connectivity index (χ0n) is 16.4. The van der Waals surface area contributed by atoms with Crippen molar-refractivity contribution in [1.29, 1.82) is 5.26 Å². The molecule has 0 radical (unpaired) electrons. The monoisotopic (exact) mass is 410 g/mol. The summed E-state index contributed by atoms with van der Waals surface area (Å²) in [6.07, 6.45) is 0. The lowest BCUT2D eigenvalue weighted by molar-refractivity contribution is -0.120. The number of nitrogens with zero attached hydrogens (tertiary/aromatic N) is 3. The van der Waals surface area contributed by atoms with Crippen molar-refractivity contribution in [3.8, 4) is 6.07 Å². The summed E-state index contributed by atoms with van der Waals surface area (Å²) < 4.78 is 14.5. The molecule has 0 saturated carbocycles. The van der Waals surface area contributed by atoms with E-state index in [1.807, 2.05) is 0 Å². The number of amides is 2. The van der Waals surface area contributed by atoms with Crippen molar-refractivity contribution in [2.45, 2.75) is 26.3 Å². The minimum Gasteiger partial charge on any atom is -0.355 e. The molecule has 1 fully saturated rings. The highest BCUT2D eigenvalue weighted by Gasteiger charge is 2.50. The zero-order chi connectivity index (χ0) is 21.5. The Morgan fingerprint density at radius 3 is 2.41 bits per heavy atom. The molecular weight excluding hydrogens is 391 g/mol. The number of carbonyl (C=O) groups is 2. The lowest BCUT2D eigenvalue weighted by Gasteiger charge is -2.29. The number of nitrogens with one attached hydrogen (secondary N) is 1. The molecule has 0 atom stereocenters. The summed E-state index contributed by atoms with van der Waals surface area (Å²) in [5.41, 5.74) is 0.970. The Kier molecular flexibility index (Phi) is 5.11. The van der Waals surface area contributed by atoms with Gasteiger partial charge in [0.1, 0.15) is 11.4 Å². The molecule has 0 aliphatic carbocycles. The molecule has 3 rings (SSSR count). The van der Waals surface area contributed by atoms with Crippen LogP contribution in [0.4, 0.5) is 15.8 Å². The molecule has 0 aromatic heterocycles. The average Bonchev–Trinajstić information content (AvgIpc) is 2.85. The van der Waals surface area contributed by atoms with E-state index >= 15 is 0 Å². The van der Waals surface area contributed by atoms with E-state index in [9.17, 15) is 14.0 Å². The fourth-order valence-electron chi connectivity index (χ4n) is 3.33. The molecule has 1 N–H and O–H groups in total. The molecule has 2 aromatic rings. The maximum absolute atomic E-state index is 14.5. The Morgan fingerprint density at radius 2 is 1.86 bits per heavy atom. The molecule has 148 valence electrons. The number of nitriles is 1. The number of hydrogen-bond acceptors (Lipinski definition) is 4. The quantitative estimate of drug-likeness (QED) is 0.786. The van der Waals surface area contributed by atoms with Gasteiger partial charge in [-0.3, -0.25) is 14.5 Å². The van der Waals surface area contributed by atoms with Crippen LogP contribution in [0.2, 0.25) is 0 Å². The van der Waals surface area contributed by atoms with Gasteiger partial charge in [0.05, 0.1) is 22.9 Å². The maximum atomic E-state index is 14.5. The molecule has 2 amide bonds. The standard InChI is InChI=1S/C21H19FN4O2S/c1-12-9-14(6-5-13(12)11-23)25-19(28)21(2,3)26(20(25)29)15-7-8-16(17(22)10-15)18(27)24-4/h5-10H,1-4H3,(H,24,27). The summed E-state index contributed by atoms with van der Waals surface area (Å²) in [5, 5.41) is 11.7. The molecule has 6 nitrogen and oxygen atoms in total. The highest BCUT2D eigenvalue weighted by molar-refractivity contribution is 7.81. The van der Waals surface area contributed by atoms with Crippen molar-refractivity contribution in [2.24, 2.45) is 0 Å². The number of benzene rings is 2. The normalized spacial score (nSPS) is 15.4. The molecule has 0 spiro atoms. The number of carbonyl (C=O) groups excluding carboxylic acids is 2. The molecule has 1 saturated heterocycles. The number of aryl methyl sites for hydroxylation is 1. The van der Waals surface area contributed by atoms with Gasteiger partial charge in [0.2, 0.25) is 0 Å². The highest BCUT2D eigenvalue weighted by Crippen LogP contribution is 2.37. The fraction of sp³-hybridized carbons (Fsp3) is 0.238. The van der Waals surface area contributed by atoms with Gasteiger partial charge in [-0.05, 0) is 75.0 Å². The first kappa shape index (κ1) is 20.4. The van der Waals surface area contributed by atoms with E-state index in [2.05, 4.69) is 11.4 Å². The van der Waals surface area contributed by atoms with Crippen LogP contribution in [0.1, 0.15) is 35.3 Å². The van der Waals surface area contributed by atoms with Gasteiger partial charge in [-0.15, -0.1) is 0 Å². The van der Waals surface area contributed by atoms with E-state index in [-0.39, 0.29) is 16.6 Å². The minimum absolute atomic E-state index is 0.0925. The lowest BCUT2D eigenvalue weighted by Crippen LogP contribution is -2.44. The molecule has 1 aliphatic rings. The molecule has 2 aromatic carbocycles. The van der Waals surface area contributed by atoms with Gasteiger partial charge in [0.25, 0.3) is 11.8 Å². The van der Waals surface area contributed by atoms with Crippen LogP contribution in [-0.4, -0.2) is 29.5 Å². The van der Waals surface area contributed by atoms with E-state index in [4.69, 9.17) is 17.5 Å². The third-order valence-electron chi connectivity index (χ3n) is 4.94. The first-order valence-corrected chi connectivity index (χ1v) is 9.25. The first-order valence-electron chi connectivity index (χ1n) is 8.84. The second-order valence-electron chi connectivity index (χ2n) is 7.17. The third-order valence-corrected chi connectivity index (χ3v) is 5.30. The predicted octanol–water partition coefficient (Wildman–Crippen LogP) is 3.28. The molecule has 1 aliphatic heterocycles. The first-order chi connectivity index (χ1) is 13.6. The SMILES string of the molecule is CNC(=O)c1ccc(N2C(=S)N(c3ccc(C#N)c(C)c3)C(=O)C2(C)C)cc1F.